The number of furan rings is 1. The zero-order chi connectivity index (χ0) is 22.6. The van der Waals surface area contributed by atoms with Crippen molar-refractivity contribution in [3.8, 4) is 11.1 Å². The molecule has 8 nitrogen and oxygen atoms in total. The van der Waals surface area contributed by atoms with Crippen LogP contribution in [0.4, 0.5) is 11.8 Å². The van der Waals surface area contributed by atoms with Gasteiger partial charge in [-0.25, -0.2) is 4.98 Å². The van der Waals surface area contributed by atoms with Crippen molar-refractivity contribution >= 4 is 22.9 Å². The number of imidazole rings is 1. The van der Waals surface area contributed by atoms with Gasteiger partial charge in [0.2, 0.25) is 5.95 Å². The fraction of sp³-hybridized carbons (Fsp3) is 0.400. The minimum absolute atomic E-state index is 0.0333. The molecule has 8 heteroatoms. The number of hydrogen-bond donors (Lipinski definition) is 3. The molecule has 172 valence electrons. The first-order chi connectivity index (χ1) is 16.2. The number of aliphatic hydroxyl groups excluding tert-OH is 1. The van der Waals surface area contributed by atoms with Gasteiger partial charge >= 0.3 is 0 Å². The summed E-state index contributed by atoms with van der Waals surface area (Å²) in [5, 5.41) is 16.4. The van der Waals surface area contributed by atoms with Crippen molar-refractivity contribution in [3.63, 3.8) is 0 Å². The van der Waals surface area contributed by atoms with Crippen LogP contribution in [0.2, 0.25) is 0 Å². The number of aliphatic hydroxyl groups is 1. The maximum absolute atomic E-state index is 9.64. The first kappa shape index (κ1) is 21.5. The van der Waals surface area contributed by atoms with Gasteiger partial charge in [0, 0.05) is 18.2 Å². The first-order valence-electron chi connectivity index (χ1n) is 11.7. The molecule has 0 unspecified atom stereocenters. The zero-order valence-corrected chi connectivity index (χ0v) is 18.9. The second-order valence-corrected chi connectivity index (χ2v) is 8.65. The molecular weight excluding hydrogens is 416 g/mol. The monoisotopic (exact) mass is 446 g/mol. The van der Waals surface area contributed by atoms with Crippen molar-refractivity contribution in [2.45, 2.75) is 57.7 Å². The topological polar surface area (TPSA) is 101 Å². The highest BCUT2D eigenvalue weighted by molar-refractivity contribution is 5.84. The SMILES string of the molecule is CC[C@H](CO)Nc1nc(NCc2ccc(-c3ccoc3)cc2)c2ncn(C3CCCC3)c2n1. The molecule has 0 amide bonds. The minimum atomic E-state index is -0.0892. The predicted octanol–water partition coefficient (Wildman–Crippen LogP) is 5.00. The van der Waals surface area contributed by atoms with Gasteiger partial charge in [-0.05, 0) is 36.5 Å². The molecule has 0 spiro atoms. The number of aromatic nitrogens is 4. The molecule has 3 aromatic heterocycles. The molecule has 33 heavy (non-hydrogen) atoms. The molecule has 3 N–H and O–H groups in total. The Morgan fingerprint density at radius 1 is 1.12 bits per heavy atom. The summed E-state index contributed by atoms with van der Waals surface area (Å²) in [6.45, 7) is 2.68. The molecule has 1 aliphatic carbocycles. The van der Waals surface area contributed by atoms with Gasteiger partial charge < -0.3 is 24.7 Å². The summed E-state index contributed by atoms with van der Waals surface area (Å²) in [7, 11) is 0. The lowest BCUT2D eigenvalue weighted by atomic mass is 10.1. The van der Waals surface area contributed by atoms with Gasteiger partial charge in [0.15, 0.2) is 17.0 Å². The van der Waals surface area contributed by atoms with Crippen LogP contribution in [0.25, 0.3) is 22.3 Å². The third kappa shape index (κ3) is 4.57. The Balaban J connectivity index is 1.41. The van der Waals surface area contributed by atoms with E-state index in [1.807, 2.05) is 19.3 Å². The van der Waals surface area contributed by atoms with Crippen LogP contribution in [0.1, 0.15) is 50.6 Å². The number of nitrogens with zero attached hydrogens (tertiary/aromatic N) is 4. The summed E-state index contributed by atoms with van der Waals surface area (Å²) < 4.78 is 7.38. The van der Waals surface area contributed by atoms with Crippen LogP contribution in [-0.4, -0.2) is 37.3 Å². The van der Waals surface area contributed by atoms with Gasteiger partial charge in [-0.15, -0.1) is 0 Å². The van der Waals surface area contributed by atoms with Crippen molar-refractivity contribution < 1.29 is 9.52 Å². The molecule has 1 aliphatic rings. The second kappa shape index (κ2) is 9.62. The van der Waals surface area contributed by atoms with Gasteiger partial charge in [0.25, 0.3) is 0 Å². The Bertz CT molecular complexity index is 1180. The predicted molar refractivity (Wildman–Crippen MR) is 129 cm³/mol. The van der Waals surface area contributed by atoms with E-state index in [0.717, 1.165) is 47.1 Å². The summed E-state index contributed by atoms with van der Waals surface area (Å²) in [5.41, 5.74) is 4.94. The fourth-order valence-corrected chi connectivity index (χ4v) is 4.44. The lowest BCUT2D eigenvalue weighted by Gasteiger charge is -2.17. The average molecular weight is 447 g/mol. The maximum Gasteiger partial charge on any atom is 0.227 e. The van der Waals surface area contributed by atoms with Crippen molar-refractivity contribution in [3.05, 3.63) is 54.7 Å². The number of nitrogens with one attached hydrogen (secondary N) is 2. The van der Waals surface area contributed by atoms with E-state index < -0.39 is 0 Å². The van der Waals surface area contributed by atoms with Crippen LogP contribution >= 0.6 is 0 Å². The van der Waals surface area contributed by atoms with E-state index >= 15 is 0 Å². The van der Waals surface area contributed by atoms with Crippen LogP contribution in [0.15, 0.2) is 53.6 Å². The molecule has 1 atom stereocenters. The lowest BCUT2D eigenvalue weighted by molar-refractivity contribution is 0.271. The number of rotatable bonds is 9. The average Bonchev–Trinajstić information content (AvgIpc) is 3.62. The van der Waals surface area contributed by atoms with Crippen LogP contribution < -0.4 is 10.6 Å². The van der Waals surface area contributed by atoms with Crippen molar-refractivity contribution in [1.82, 2.24) is 19.5 Å². The maximum atomic E-state index is 9.64. The van der Waals surface area contributed by atoms with E-state index in [2.05, 4.69) is 44.5 Å². The summed E-state index contributed by atoms with van der Waals surface area (Å²) in [6.07, 6.45) is 10.9. The molecule has 4 aromatic rings. The lowest BCUT2D eigenvalue weighted by Crippen LogP contribution is -2.24. The number of benzene rings is 1. The Morgan fingerprint density at radius 3 is 2.64 bits per heavy atom. The summed E-state index contributed by atoms with van der Waals surface area (Å²) in [6, 6.07) is 10.7. The van der Waals surface area contributed by atoms with Crippen LogP contribution in [0, 0.1) is 0 Å². The highest BCUT2D eigenvalue weighted by Gasteiger charge is 2.22. The van der Waals surface area contributed by atoms with Crippen LogP contribution in [0.3, 0.4) is 0 Å². The highest BCUT2D eigenvalue weighted by Crippen LogP contribution is 2.33. The zero-order valence-electron chi connectivity index (χ0n) is 18.9. The van der Waals surface area contributed by atoms with E-state index in [-0.39, 0.29) is 12.6 Å². The normalized spacial score (nSPS) is 15.2. The molecule has 1 aromatic carbocycles. The van der Waals surface area contributed by atoms with Gasteiger partial charge in [-0.3, -0.25) is 0 Å². The van der Waals surface area contributed by atoms with Gasteiger partial charge in [0.05, 0.1) is 31.5 Å². The van der Waals surface area contributed by atoms with E-state index in [9.17, 15) is 5.11 Å². The Hall–Kier alpha value is -3.39. The second-order valence-electron chi connectivity index (χ2n) is 8.65. The van der Waals surface area contributed by atoms with E-state index in [1.165, 1.54) is 12.8 Å². The fourth-order valence-electron chi connectivity index (χ4n) is 4.44. The summed E-state index contributed by atoms with van der Waals surface area (Å²) >= 11 is 0. The van der Waals surface area contributed by atoms with E-state index in [1.54, 1.807) is 12.5 Å². The van der Waals surface area contributed by atoms with Crippen LogP contribution in [-0.2, 0) is 6.54 Å². The Labute approximate surface area is 193 Å². The van der Waals surface area contributed by atoms with E-state index in [4.69, 9.17) is 14.4 Å². The van der Waals surface area contributed by atoms with Crippen molar-refractivity contribution in [1.29, 1.82) is 0 Å². The third-order valence-corrected chi connectivity index (χ3v) is 6.45. The quantitative estimate of drug-likeness (QED) is 0.333. The van der Waals surface area contributed by atoms with Gasteiger partial charge in [-0.2, -0.15) is 9.97 Å². The molecule has 0 bridgehead atoms. The van der Waals surface area contributed by atoms with Gasteiger partial charge in [0.1, 0.15) is 0 Å². The van der Waals surface area contributed by atoms with Crippen molar-refractivity contribution in [2.75, 3.05) is 17.2 Å². The number of hydrogen-bond acceptors (Lipinski definition) is 7. The minimum Gasteiger partial charge on any atom is -0.472 e. The molecular formula is C25H30N6O2. The Kier molecular flexibility index (Phi) is 6.26. The summed E-state index contributed by atoms with van der Waals surface area (Å²) in [5.74, 6) is 1.21. The number of fused-ring (bicyclic) bond motifs is 1. The van der Waals surface area contributed by atoms with Gasteiger partial charge in [-0.1, -0.05) is 44.0 Å². The smallest absolute Gasteiger partial charge is 0.227 e. The van der Waals surface area contributed by atoms with Crippen molar-refractivity contribution in [2.24, 2.45) is 0 Å². The Morgan fingerprint density at radius 2 is 1.94 bits per heavy atom. The molecule has 0 radical (unpaired) electrons. The number of anilines is 2. The molecule has 1 saturated carbocycles. The van der Waals surface area contributed by atoms with E-state index in [0.29, 0.717) is 24.4 Å². The molecule has 5 rings (SSSR count). The highest BCUT2D eigenvalue weighted by atomic mass is 16.3. The molecule has 0 saturated heterocycles. The van der Waals surface area contributed by atoms with Crippen LogP contribution in [0.5, 0.6) is 0 Å². The molecule has 3 heterocycles. The summed E-state index contributed by atoms with van der Waals surface area (Å²) in [4.78, 5) is 14.2. The largest absolute Gasteiger partial charge is 0.472 e. The first-order valence-corrected chi connectivity index (χ1v) is 11.7. The molecule has 1 fully saturated rings. The third-order valence-electron chi connectivity index (χ3n) is 6.45. The standard InChI is InChI=1S/C25H30N6O2/c1-2-20(14-32)28-25-29-23(22-24(30-25)31(16-27-22)21-5-3-4-6-21)26-13-17-7-9-18(10-8-17)19-11-12-33-15-19/h7-12,15-16,20-21,32H,2-6,13-14H2,1H3,(H2,26,28,29,30)/t20-/m1/s1. The molecule has 0 aliphatic heterocycles.